The summed E-state index contributed by atoms with van der Waals surface area (Å²) in [5.74, 6) is -1.74. The average molecular weight is 444 g/mol. The van der Waals surface area contributed by atoms with Crippen LogP contribution in [0.4, 0.5) is 13.9 Å². The smallest absolute Gasteiger partial charge is 0.280 e. The van der Waals surface area contributed by atoms with E-state index in [1.165, 1.54) is 11.0 Å². The van der Waals surface area contributed by atoms with Crippen LogP contribution in [0.2, 0.25) is 0 Å². The molecule has 0 radical (unpaired) electrons. The predicted octanol–water partition coefficient (Wildman–Crippen LogP) is 2.71. The Bertz CT molecular complexity index is 1010. The van der Waals surface area contributed by atoms with Gasteiger partial charge in [0.15, 0.2) is 16.6 Å². The topological polar surface area (TPSA) is 63.5 Å². The summed E-state index contributed by atoms with van der Waals surface area (Å²) in [6, 6.07) is 3.65. The van der Waals surface area contributed by atoms with Crippen molar-refractivity contribution < 1.29 is 18.3 Å². The maximum Gasteiger partial charge on any atom is 0.280 e. The number of anilines is 1. The number of ether oxygens (including phenoxy) is 1. The molecule has 7 nitrogen and oxygen atoms in total. The van der Waals surface area contributed by atoms with E-state index in [0.29, 0.717) is 36.1 Å². The Morgan fingerprint density at radius 3 is 2.76 bits per heavy atom. The lowest BCUT2D eigenvalue weighted by atomic mass is 10.3. The lowest BCUT2D eigenvalue weighted by Gasteiger charge is -2.29. The second-order valence-electron chi connectivity index (χ2n) is 6.52. The van der Waals surface area contributed by atoms with E-state index in [1.807, 2.05) is 0 Å². The number of hydrogen-bond acceptors (Lipinski definition) is 6. The summed E-state index contributed by atoms with van der Waals surface area (Å²) in [5, 5.41) is 4.49. The van der Waals surface area contributed by atoms with Gasteiger partial charge < -0.3 is 4.74 Å². The number of fused-ring (bicyclic) bond motifs is 1. The molecule has 0 saturated carbocycles. The molecule has 2 aromatic heterocycles. The van der Waals surface area contributed by atoms with Crippen molar-refractivity contribution in [2.75, 3.05) is 44.3 Å². The third kappa shape index (κ3) is 4.72. The average Bonchev–Trinajstić information content (AvgIpc) is 3.29. The normalized spacial score (nSPS) is 14.7. The molecule has 1 fully saturated rings. The van der Waals surface area contributed by atoms with Gasteiger partial charge in [0.1, 0.15) is 11.3 Å². The SMILES string of the molecule is Cl.Cn1ccc(C(=O)N(CCN2CCOCC2)c2nc3c(F)cc(F)cc3s2)n1. The first-order chi connectivity index (χ1) is 13.5. The molecule has 0 N–H and O–H groups in total. The number of thiazole rings is 1. The number of benzene rings is 1. The number of carbonyl (C=O) groups excluding carboxylic acids is 1. The van der Waals surface area contributed by atoms with E-state index in [2.05, 4.69) is 15.0 Å². The zero-order chi connectivity index (χ0) is 19.7. The monoisotopic (exact) mass is 443 g/mol. The largest absolute Gasteiger partial charge is 0.379 e. The van der Waals surface area contributed by atoms with Gasteiger partial charge in [0.25, 0.3) is 5.91 Å². The van der Waals surface area contributed by atoms with Crippen LogP contribution in [-0.4, -0.2) is 65.0 Å². The highest BCUT2D eigenvalue weighted by Gasteiger charge is 2.25. The number of nitrogens with zero attached hydrogens (tertiary/aromatic N) is 5. The number of halogens is 3. The van der Waals surface area contributed by atoms with Gasteiger partial charge >= 0.3 is 0 Å². The van der Waals surface area contributed by atoms with E-state index in [1.54, 1.807) is 24.0 Å². The Labute approximate surface area is 176 Å². The van der Waals surface area contributed by atoms with Gasteiger partial charge in [-0.1, -0.05) is 11.3 Å². The molecule has 0 atom stereocenters. The molecule has 1 aliphatic rings. The van der Waals surface area contributed by atoms with Crippen LogP contribution < -0.4 is 4.90 Å². The number of hydrogen-bond donors (Lipinski definition) is 0. The zero-order valence-electron chi connectivity index (χ0n) is 15.7. The Balaban J connectivity index is 0.00000240. The van der Waals surface area contributed by atoms with E-state index in [9.17, 15) is 13.6 Å². The summed E-state index contributed by atoms with van der Waals surface area (Å²) in [6.07, 6.45) is 1.68. The fourth-order valence-electron chi connectivity index (χ4n) is 3.08. The minimum atomic E-state index is -0.740. The molecule has 1 aliphatic heterocycles. The van der Waals surface area contributed by atoms with Crippen molar-refractivity contribution in [2.24, 2.45) is 7.05 Å². The molecule has 0 aliphatic carbocycles. The van der Waals surface area contributed by atoms with Crippen LogP contribution in [0.5, 0.6) is 0 Å². The standard InChI is InChI=1S/C18H19F2N5O2S.ClH/c1-23-3-2-14(22-23)17(26)25(5-4-24-6-8-27-9-7-24)18-21-16-13(20)10-12(19)11-15(16)28-18;/h2-3,10-11H,4-9H2,1H3;1H. The van der Waals surface area contributed by atoms with Gasteiger partial charge in [-0.05, 0) is 12.1 Å². The van der Waals surface area contributed by atoms with E-state index in [-0.39, 0.29) is 29.5 Å². The summed E-state index contributed by atoms with van der Waals surface area (Å²) in [4.78, 5) is 21.0. The summed E-state index contributed by atoms with van der Waals surface area (Å²) >= 11 is 1.09. The van der Waals surface area contributed by atoms with Crippen LogP contribution in [-0.2, 0) is 11.8 Å². The molecule has 0 spiro atoms. The molecule has 29 heavy (non-hydrogen) atoms. The van der Waals surface area contributed by atoms with Crippen LogP contribution in [0.3, 0.4) is 0 Å². The Morgan fingerprint density at radius 1 is 1.31 bits per heavy atom. The maximum atomic E-state index is 14.1. The van der Waals surface area contributed by atoms with Crippen molar-refractivity contribution >= 4 is 45.0 Å². The molecule has 1 amide bonds. The van der Waals surface area contributed by atoms with E-state index >= 15 is 0 Å². The fraction of sp³-hybridized carbons (Fsp3) is 0.389. The third-order valence-corrected chi connectivity index (χ3v) is 5.58. The first-order valence-corrected chi connectivity index (χ1v) is 9.70. The van der Waals surface area contributed by atoms with Gasteiger partial charge in [-0.2, -0.15) is 5.10 Å². The zero-order valence-corrected chi connectivity index (χ0v) is 17.3. The minimum absolute atomic E-state index is 0. The van der Waals surface area contributed by atoms with E-state index in [0.717, 1.165) is 30.5 Å². The second kappa shape index (κ2) is 9.12. The summed E-state index contributed by atoms with van der Waals surface area (Å²) in [7, 11) is 1.73. The van der Waals surface area contributed by atoms with Gasteiger partial charge in [0.2, 0.25) is 0 Å². The number of morpholine rings is 1. The van der Waals surface area contributed by atoms with Crippen molar-refractivity contribution in [1.82, 2.24) is 19.7 Å². The Morgan fingerprint density at radius 2 is 2.07 bits per heavy atom. The Kier molecular flexibility index (Phi) is 6.78. The van der Waals surface area contributed by atoms with Gasteiger partial charge in [-0.15, -0.1) is 12.4 Å². The lowest BCUT2D eigenvalue weighted by Crippen LogP contribution is -2.43. The first kappa shape index (κ1) is 21.6. The fourth-order valence-corrected chi connectivity index (χ4v) is 4.11. The highest BCUT2D eigenvalue weighted by Crippen LogP contribution is 2.31. The molecule has 3 heterocycles. The molecule has 11 heteroatoms. The number of amides is 1. The molecule has 1 aromatic carbocycles. The Hall–Kier alpha value is -2.14. The van der Waals surface area contributed by atoms with Crippen molar-refractivity contribution in [3.05, 3.63) is 41.7 Å². The molecular formula is C18H20ClF2N5O2S. The van der Waals surface area contributed by atoms with Gasteiger partial charge in [-0.25, -0.2) is 13.8 Å². The number of rotatable bonds is 5. The van der Waals surface area contributed by atoms with Gasteiger partial charge in [0, 0.05) is 45.5 Å². The summed E-state index contributed by atoms with van der Waals surface area (Å²) in [5.41, 5.74) is 0.335. The van der Waals surface area contributed by atoms with Gasteiger partial charge in [-0.3, -0.25) is 19.3 Å². The van der Waals surface area contributed by atoms with Crippen LogP contribution >= 0.6 is 23.7 Å². The van der Waals surface area contributed by atoms with E-state index < -0.39 is 11.6 Å². The van der Waals surface area contributed by atoms with Crippen molar-refractivity contribution in [2.45, 2.75) is 0 Å². The highest BCUT2D eigenvalue weighted by atomic mass is 35.5. The number of carbonyl (C=O) groups is 1. The lowest BCUT2D eigenvalue weighted by molar-refractivity contribution is 0.0391. The molecule has 4 rings (SSSR count). The summed E-state index contributed by atoms with van der Waals surface area (Å²) in [6.45, 7) is 3.85. The highest BCUT2D eigenvalue weighted by molar-refractivity contribution is 7.22. The summed E-state index contributed by atoms with van der Waals surface area (Å²) < 4.78 is 34.9. The quantitative estimate of drug-likeness (QED) is 0.606. The molecule has 1 saturated heterocycles. The van der Waals surface area contributed by atoms with Crippen LogP contribution in [0, 0.1) is 11.6 Å². The number of aryl methyl sites for hydroxylation is 1. The van der Waals surface area contributed by atoms with Crippen LogP contribution in [0.25, 0.3) is 10.2 Å². The number of aromatic nitrogens is 3. The molecule has 0 bridgehead atoms. The van der Waals surface area contributed by atoms with Crippen LogP contribution in [0.15, 0.2) is 24.4 Å². The predicted molar refractivity (Wildman–Crippen MR) is 109 cm³/mol. The van der Waals surface area contributed by atoms with E-state index in [4.69, 9.17) is 4.74 Å². The van der Waals surface area contributed by atoms with Crippen molar-refractivity contribution in [3.63, 3.8) is 0 Å². The molecule has 156 valence electrons. The first-order valence-electron chi connectivity index (χ1n) is 8.88. The molecule has 0 unspecified atom stereocenters. The molecular weight excluding hydrogens is 424 g/mol. The third-order valence-electron chi connectivity index (χ3n) is 4.55. The minimum Gasteiger partial charge on any atom is -0.379 e. The second-order valence-corrected chi connectivity index (χ2v) is 7.53. The van der Waals surface area contributed by atoms with Crippen LogP contribution in [0.1, 0.15) is 10.5 Å². The maximum absolute atomic E-state index is 14.1. The van der Waals surface area contributed by atoms with Crippen molar-refractivity contribution in [1.29, 1.82) is 0 Å². The molecule has 3 aromatic rings. The van der Waals surface area contributed by atoms with Gasteiger partial charge in [0.05, 0.1) is 17.9 Å². The van der Waals surface area contributed by atoms with Crippen molar-refractivity contribution in [3.8, 4) is 0 Å².